The van der Waals surface area contributed by atoms with Gasteiger partial charge in [-0.05, 0) is 19.9 Å². The fourth-order valence-electron chi connectivity index (χ4n) is 2.78. The van der Waals surface area contributed by atoms with Crippen molar-refractivity contribution in [2.24, 2.45) is 0 Å². The highest BCUT2D eigenvalue weighted by molar-refractivity contribution is 6.03. The molecule has 3 N–H and O–H groups in total. The van der Waals surface area contributed by atoms with Crippen molar-refractivity contribution in [1.29, 1.82) is 0 Å². The van der Waals surface area contributed by atoms with Crippen molar-refractivity contribution in [3.05, 3.63) is 46.5 Å². The number of carbonyl (C=O) groups excluding carboxylic acids is 1. The smallest absolute Gasteiger partial charge is 0.174 e. The first kappa shape index (κ1) is 14.3. The number of para-hydroxylation sites is 1. The zero-order valence-electron chi connectivity index (χ0n) is 12.3. The number of phenols is 3. The molecule has 22 heavy (non-hydrogen) atoms. The Hall–Kier alpha value is -2.69. The minimum Gasteiger partial charge on any atom is -0.508 e. The van der Waals surface area contributed by atoms with E-state index in [1.807, 2.05) is 0 Å². The molecule has 0 fully saturated rings. The van der Waals surface area contributed by atoms with Gasteiger partial charge in [0.2, 0.25) is 0 Å². The molecule has 0 aliphatic carbocycles. The molecule has 3 rings (SSSR count). The third-order valence-corrected chi connectivity index (χ3v) is 4.06. The standard InChI is InChI=1S/C17H16O5/c1-8-15(20)9(2)17-14(16(8)21)12(19)7-13(22-17)10-5-3-4-6-11(10)18/h3-6,13,18,20-21H,7H2,1-2H3. The van der Waals surface area contributed by atoms with E-state index in [0.29, 0.717) is 11.1 Å². The number of hydrogen-bond donors (Lipinski definition) is 3. The van der Waals surface area contributed by atoms with Gasteiger partial charge in [-0.15, -0.1) is 0 Å². The van der Waals surface area contributed by atoms with Crippen molar-refractivity contribution in [2.45, 2.75) is 26.4 Å². The molecule has 5 nitrogen and oxygen atoms in total. The molecule has 1 unspecified atom stereocenters. The molecule has 0 spiro atoms. The second-order valence-corrected chi connectivity index (χ2v) is 5.44. The van der Waals surface area contributed by atoms with E-state index in [-0.39, 0.29) is 46.3 Å². The molecule has 0 aromatic heterocycles. The molecule has 1 atom stereocenters. The largest absolute Gasteiger partial charge is 0.508 e. The summed E-state index contributed by atoms with van der Waals surface area (Å²) in [5.74, 6) is -0.411. The second kappa shape index (κ2) is 4.94. The summed E-state index contributed by atoms with van der Waals surface area (Å²) in [5, 5.41) is 30.1. The molecule has 1 aliphatic rings. The number of benzene rings is 2. The minimum absolute atomic E-state index is 0.0157. The summed E-state index contributed by atoms with van der Waals surface area (Å²) in [4.78, 5) is 12.4. The van der Waals surface area contributed by atoms with Gasteiger partial charge in [0.15, 0.2) is 5.78 Å². The van der Waals surface area contributed by atoms with Crippen molar-refractivity contribution < 1.29 is 24.9 Å². The lowest BCUT2D eigenvalue weighted by Gasteiger charge is -2.28. The van der Waals surface area contributed by atoms with E-state index in [2.05, 4.69) is 0 Å². The van der Waals surface area contributed by atoms with E-state index in [1.54, 1.807) is 32.0 Å². The number of fused-ring (bicyclic) bond motifs is 1. The van der Waals surface area contributed by atoms with Crippen molar-refractivity contribution >= 4 is 5.78 Å². The predicted octanol–water partition coefficient (Wildman–Crippen LogP) is 3.13. The molecular formula is C17H16O5. The number of ether oxygens (including phenoxy) is 1. The molecule has 0 radical (unpaired) electrons. The third-order valence-electron chi connectivity index (χ3n) is 4.06. The number of carbonyl (C=O) groups is 1. The molecule has 0 amide bonds. The summed E-state index contributed by atoms with van der Waals surface area (Å²) >= 11 is 0. The summed E-state index contributed by atoms with van der Waals surface area (Å²) < 4.78 is 5.82. The van der Waals surface area contributed by atoms with Crippen LogP contribution in [-0.2, 0) is 0 Å². The Morgan fingerprint density at radius 3 is 2.41 bits per heavy atom. The molecule has 5 heteroatoms. The maximum atomic E-state index is 12.4. The lowest BCUT2D eigenvalue weighted by Crippen LogP contribution is -2.21. The van der Waals surface area contributed by atoms with Crippen molar-refractivity contribution in [3.63, 3.8) is 0 Å². The van der Waals surface area contributed by atoms with E-state index in [4.69, 9.17) is 4.74 Å². The second-order valence-electron chi connectivity index (χ2n) is 5.44. The predicted molar refractivity (Wildman–Crippen MR) is 79.7 cm³/mol. The first-order valence-electron chi connectivity index (χ1n) is 6.94. The van der Waals surface area contributed by atoms with Gasteiger partial charge in [0, 0.05) is 16.7 Å². The van der Waals surface area contributed by atoms with E-state index in [1.165, 1.54) is 6.07 Å². The van der Waals surface area contributed by atoms with Crippen molar-refractivity contribution in [1.82, 2.24) is 0 Å². The highest BCUT2D eigenvalue weighted by Gasteiger charge is 2.34. The molecule has 0 saturated heterocycles. The number of phenolic OH excluding ortho intramolecular Hbond substituents is 3. The Morgan fingerprint density at radius 2 is 1.73 bits per heavy atom. The van der Waals surface area contributed by atoms with Crippen molar-refractivity contribution in [2.75, 3.05) is 0 Å². The van der Waals surface area contributed by atoms with Gasteiger partial charge in [-0.25, -0.2) is 0 Å². The van der Waals surface area contributed by atoms with Crippen LogP contribution in [0.1, 0.15) is 39.6 Å². The Labute approximate surface area is 127 Å². The molecule has 2 aromatic rings. The number of rotatable bonds is 1. The Bertz CT molecular complexity index is 779. The zero-order chi connectivity index (χ0) is 16.0. The number of Topliss-reactive ketones (excluding diaryl/α,β-unsaturated/α-hetero) is 1. The van der Waals surface area contributed by atoms with Gasteiger partial charge in [0.1, 0.15) is 34.7 Å². The van der Waals surface area contributed by atoms with Crippen LogP contribution in [0.5, 0.6) is 23.0 Å². The average Bonchev–Trinajstić information content (AvgIpc) is 2.50. The van der Waals surface area contributed by atoms with Crippen LogP contribution in [0.2, 0.25) is 0 Å². The molecule has 1 heterocycles. The lowest BCUT2D eigenvalue weighted by molar-refractivity contribution is 0.0839. The maximum Gasteiger partial charge on any atom is 0.174 e. The monoisotopic (exact) mass is 300 g/mol. The summed E-state index contributed by atoms with van der Waals surface area (Å²) in [5.41, 5.74) is 1.26. The van der Waals surface area contributed by atoms with Crippen LogP contribution in [0.15, 0.2) is 24.3 Å². The van der Waals surface area contributed by atoms with Crippen LogP contribution in [0.3, 0.4) is 0 Å². The van der Waals surface area contributed by atoms with Gasteiger partial charge >= 0.3 is 0 Å². The molecule has 2 aromatic carbocycles. The summed E-state index contributed by atoms with van der Waals surface area (Å²) in [6.45, 7) is 3.17. The summed E-state index contributed by atoms with van der Waals surface area (Å²) in [7, 11) is 0. The van der Waals surface area contributed by atoms with Crippen LogP contribution in [0, 0.1) is 13.8 Å². The zero-order valence-corrected chi connectivity index (χ0v) is 12.3. The Morgan fingerprint density at radius 1 is 1.05 bits per heavy atom. The van der Waals surface area contributed by atoms with Gasteiger partial charge in [0.25, 0.3) is 0 Å². The van der Waals surface area contributed by atoms with Gasteiger partial charge < -0.3 is 20.1 Å². The van der Waals surface area contributed by atoms with Crippen LogP contribution < -0.4 is 4.74 Å². The summed E-state index contributed by atoms with van der Waals surface area (Å²) in [6.07, 6.45) is -0.636. The maximum absolute atomic E-state index is 12.4. The van der Waals surface area contributed by atoms with Gasteiger partial charge in [-0.3, -0.25) is 4.79 Å². The number of aromatic hydroxyl groups is 3. The van der Waals surface area contributed by atoms with Crippen LogP contribution in [0.4, 0.5) is 0 Å². The van der Waals surface area contributed by atoms with Crippen LogP contribution in [0.25, 0.3) is 0 Å². The lowest BCUT2D eigenvalue weighted by atomic mass is 9.91. The molecular weight excluding hydrogens is 284 g/mol. The van der Waals surface area contributed by atoms with E-state index in [9.17, 15) is 20.1 Å². The fourth-order valence-corrected chi connectivity index (χ4v) is 2.78. The first-order chi connectivity index (χ1) is 10.4. The third kappa shape index (κ3) is 1.97. The highest BCUT2D eigenvalue weighted by atomic mass is 16.5. The average molecular weight is 300 g/mol. The highest BCUT2D eigenvalue weighted by Crippen LogP contribution is 2.47. The molecule has 1 aliphatic heterocycles. The van der Waals surface area contributed by atoms with Gasteiger partial charge in [-0.1, -0.05) is 18.2 Å². The van der Waals surface area contributed by atoms with E-state index in [0.717, 1.165) is 0 Å². The molecule has 114 valence electrons. The first-order valence-corrected chi connectivity index (χ1v) is 6.94. The fraction of sp³-hybridized carbons (Fsp3) is 0.235. The van der Waals surface area contributed by atoms with E-state index >= 15 is 0 Å². The molecule has 0 bridgehead atoms. The molecule has 0 saturated carbocycles. The topological polar surface area (TPSA) is 87.0 Å². The Kier molecular flexibility index (Phi) is 3.20. The minimum atomic E-state index is -0.651. The van der Waals surface area contributed by atoms with Crippen molar-refractivity contribution in [3.8, 4) is 23.0 Å². The van der Waals surface area contributed by atoms with Gasteiger partial charge in [0.05, 0.1) is 6.42 Å². The number of ketones is 1. The van der Waals surface area contributed by atoms with Crippen LogP contribution >= 0.6 is 0 Å². The number of hydrogen-bond acceptors (Lipinski definition) is 5. The van der Waals surface area contributed by atoms with Crippen LogP contribution in [-0.4, -0.2) is 21.1 Å². The Balaban J connectivity index is 2.14. The van der Waals surface area contributed by atoms with Gasteiger partial charge in [-0.2, -0.15) is 0 Å². The van der Waals surface area contributed by atoms with E-state index < -0.39 is 6.10 Å². The summed E-state index contributed by atoms with van der Waals surface area (Å²) in [6, 6.07) is 6.64. The normalized spacial score (nSPS) is 17.0. The quantitative estimate of drug-likeness (QED) is 0.753. The SMILES string of the molecule is Cc1c(O)c(C)c2c(c1O)C(=O)CC(c1ccccc1O)O2.